The third kappa shape index (κ3) is 3.05. The Labute approximate surface area is 156 Å². The van der Waals surface area contributed by atoms with Gasteiger partial charge in [0.1, 0.15) is 22.7 Å². The normalized spacial score (nSPS) is 22.4. The fourth-order valence-electron chi connectivity index (χ4n) is 3.58. The smallest absolute Gasteiger partial charge is 0.134 e. The number of fused-ring (bicyclic) bond motifs is 1. The Morgan fingerprint density at radius 3 is 2.65 bits per heavy atom. The number of rotatable bonds is 5. The molecule has 2 aromatic heterocycles. The third-order valence-corrected chi connectivity index (χ3v) is 5.97. The number of nitrogens with two attached hydrogens (primary N) is 1. The zero-order valence-corrected chi connectivity index (χ0v) is 15.6. The van der Waals surface area contributed by atoms with E-state index in [0.29, 0.717) is 17.9 Å². The van der Waals surface area contributed by atoms with Crippen LogP contribution in [0.5, 0.6) is 0 Å². The SMILES string of the molecule is CN(Cc1ccc2nsnc2c1)c1cc(C2CC(N)C2)nc(C2CC2)n1. The van der Waals surface area contributed by atoms with Crippen LogP contribution in [0, 0.1) is 0 Å². The van der Waals surface area contributed by atoms with Crippen LogP contribution in [0.4, 0.5) is 5.82 Å². The highest BCUT2D eigenvalue weighted by atomic mass is 32.1. The molecule has 0 unspecified atom stereocenters. The predicted octanol–water partition coefficient (Wildman–Crippen LogP) is 3.20. The molecule has 2 saturated carbocycles. The molecule has 6 nitrogen and oxygen atoms in total. The summed E-state index contributed by atoms with van der Waals surface area (Å²) in [6.45, 7) is 0.790. The van der Waals surface area contributed by atoms with Crippen molar-refractivity contribution in [2.75, 3.05) is 11.9 Å². The molecule has 1 aromatic carbocycles. The summed E-state index contributed by atoms with van der Waals surface area (Å²) in [6.07, 6.45) is 4.50. The van der Waals surface area contributed by atoms with E-state index in [0.717, 1.165) is 42.1 Å². The molecule has 2 heterocycles. The Bertz CT molecular complexity index is 944. The second kappa shape index (κ2) is 6.25. The van der Waals surface area contributed by atoms with E-state index < -0.39 is 0 Å². The van der Waals surface area contributed by atoms with Crippen LogP contribution < -0.4 is 10.6 Å². The summed E-state index contributed by atoms with van der Waals surface area (Å²) in [5, 5.41) is 0. The summed E-state index contributed by atoms with van der Waals surface area (Å²) in [5.41, 5.74) is 10.3. The molecule has 0 amide bonds. The van der Waals surface area contributed by atoms with Crippen LogP contribution in [-0.2, 0) is 6.54 Å². The molecule has 2 aliphatic rings. The first kappa shape index (κ1) is 16.1. The van der Waals surface area contributed by atoms with E-state index in [4.69, 9.17) is 15.7 Å². The van der Waals surface area contributed by atoms with Gasteiger partial charge in [0.05, 0.1) is 11.7 Å². The van der Waals surface area contributed by atoms with Crippen LogP contribution >= 0.6 is 11.7 Å². The molecule has 0 atom stereocenters. The molecule has 7 heteroatoms. The highest BCUT2D eigenvalue weighted by Gasteiger charge is 2.32. The maximum atomic E-state index is 5.99. The van der Waals surface area contributed by atoms with Gasteiger partial charge in [-0.3, -0.25) is 0 Å². The third-order valence-electron chi connectivity index (χ3n) is 5.41. The summed E-state index contributed by atoms with van der Waals surface area (Å²) in [6, 6.07) is 8.77. The van der Waals surface area contributed by atoms with Crippen LogP contribution in [-0.4, -0.2) is 31.8 Å². The Hall–Kier alpha value is -2.12. The molecule has 2 fully saturated rings. The average molecular weight is 366 g/mol. The Morgan fingerprint density at radius 1 is 1.08 bits per heavy atom. The highest BCUT2D eigenvalue weighted by molar-refractivity contribution is 7.00. The van der Waals surface area contributed by atoms with Gasteiger partial charge in [0, 0.05) is 43.2 Å². The van der Waals surface area contributed by atoms with Gasteiger partial charge < -0.3 is 10.6 Å². The van der Waals surface area contributed by atoms with E-state index in [1.807, 2.05) is 6.07 Å². The number of benzene rings is 1. The lowest BCUT2D eigenvalue weighted by Gasteiger charge is -2.32. The highest BCUT2D eigenvalue weighted by Crippen LogP contribution is 2.41. The van der Waals surface area contributed by atoms with E-state index in [1.165, 1.54) is 35.8 Å². The fraction of sp³-hybridized carbons (Fsp3) is 0.474. The minimum Gasteiger partial charge on any atom is -0.355 e. The van der Waals surface area contributed by atoms with Gasteiger partial charge in [0.25, 0.3) is 0 Å². The van der Waals surface area contributed by atoms with Crippen molar-refractivity contribution in [3.05, 3.63) is 41.3 Å². The van der Waals surface area contributed by atoms with Crippen LogP contribution in [0.2, 0.25) is 0 Å². The average Bonchev–Trinajstić information content (AvgIpc) is 3.37. The van der Waals surface area contributed by atoms with Gasteiger partial charge in [-0.15, -0.1) is 0 Å². The summed E-state index contributed by atoms with van der Waals surface area (Å²) in [4.78, 5) is 11.9. The topological polar surface area (TPSA) is 80.8 Å². The minimum absolute atomic E-state index is 0.332. The van der Waals surface area contributed by atoms with E-state index in [1.54, 1.807) is 0 Å². The number of nitrogens with zero attached hydrogens (tertiary/aromatic N) is 5. The predicted molar refractivity (Wildman–Crippen MR) is 103 cm³/mol. The quantitative estimate of drug-likeness (QED) is 0.747. The molecule has 2 N–H and O–H groups in total. The first-order valence-electron chi connectivity index (χ1n) is 9.22. The van der Waals surface area contributed by atoms with Gasteiger partial charge in [-0.2, -0.15) is 8.75 Å². The molecular weight excluding hydrogens is 344 g/mol. The molecular formula is C19H22N6S. The zero-order chi connectivity index (χ0) is 17.7. The molecule has 26 heavy (non-hydrogen) atoms. The first-order valence-corrected chi connectivity index (χ1v) is 9.95. The van der Waals surface area contributed by atoms with Crippen molar-refractivity contribution in [3.63, 3.8) is 0 Å². The van der Waals surface area contributed by atoms with Crippen LogP contribution in [0.3, 0.4) is 0 Å². The second-order valence-corrected chi connectivity index (χ2v) is 8.18. The molecule has 0 spiro atoms. The zero-order valence-electron chi connectivity index (χ0n) is 14.8. The van der Waals surface area contributed by atoms with Crippen molar-refractivity contribution in [1.82, 2.24) is 18.7 Å². The molecule has 0 radical (unpaired) electrons. The first-order chi connectivity index (χ1) is 12.7. The number of hydrogen-bond acceptors (Lipinski definition) is 7. The van der Waals surface area contributed by atoms with Crippen molar-refractivity contribution < 1.29 is 0 Å². The molecule has 0 aliphatic heterocycles. The van der Waals surface area contributed by atoms with E-state index >= 15 is 0 Å². The molecule has 0 saturated heterocycles. The van der Waals surface area contributed by atoms with Crippen LogP contribution in [0.1, 0.15) is 54.6 Å². The van der Waals surface area contributed by atoms with Crippen LogP contribution in [0.15, 0.2) is 24.3 Å². The Morgan fingerprint density at radius 2 is 1.88 bits per heavy atom. The lowest BCUT2D eigenvalue weighted by atomic mass is 9.78. The van der Waals surface area contributed by atoms with Crippen molar-refractivity contribution in [3.8, 4) is 0 Å². The maximum absolute atomic E-state index is 5.99. The van der Waals surface area contributed by atoms with Crippen molar-refractivity contribution in [1.29, 1.82) is 0 Å². The van der Waals surface area contributed by atoms with Gasteiger partial charge in [-0.05, 0) is 43.4 Å². The Balaban J connectivity index is 1.41. The second-order valence-electron chi connectivity index (χ2n) is 7.66. The summed E-state index contributed by atoms with van der Waals surface area (Å²) in [5.74, 6) is 3.07. The van der Waals surface area contributed by atoms with E-state index in [9.17, 15) is 0 Å². The fourth-order valence-corrected chi connectivity index (χ4v) is 4.10. The lowest BCUT2D eigenvalue weighted by molar-refractivity contribution is 0.344. The van der Waals surface area contributed by atoms with Crippen molar-refractivity contribution in [2.24, 2.45) is 5.73 Å². The molecule has 2 aliphatic carbocycles. The van der Waals surface area contributed by atoms with Gasteiger partial charge in [-0.1, -0.05) is 6.07 Å². The minimum atomic E-state index is 0.332. The number of aromatic nitrogens is 4. The van der Waals surface area contributed by atoms with Gasteiger partial charge in [0.2, 0.25) is 0 Å². The van der Waals surface area contributed by atoms with Crippen LogP contribution in [0.25, 0.3) is 11.0 Å². The van der Waals surface area contributed by atoms with E-state index in [2.05, 4.69) is 38.9 Å². The number of anilines is 1. The standard InChI is InChI=1S/C19H22N6S/c1-25(10-11-2-5-15-17(6-11)24-26-23-15)18-9-16(13-7-14(20)8-13)21-19(22-18)12-3-4-12/h2,5-6,9,12-14H,3-4,7-8,10,20H2,1H3. The largest absolute Gasteiger partial charge is 0.355 e. The summed E-state index contributed by atoms with van der Waals surface area (Å²) < 4.78 is 8.62. The van der Waals surface area contributed by atoms with Gasteiger partial charge >= 0.3 is 0 Å². The van der Waals surface area contributed by atoms with Crippen molar-refractivity contribution >= 4 is 28.6 Å². The summed E-state index contributed by atoms with van der Waals surface area (Å²) in [7, 11) is 2.10. The van der Waals surface area contributed by atoms with Gasteiger partial charge in [-0.25, -0.2) is 9.97 Å². The van der Waals surface area contributed by atoms with E-state index in [-0.39, 0.29) is 0 Å². The lowest BCUT2D eigenvalue weighted by Crippen LogP contribution is -2.35. The summed E-state index contributed by atoms with van der Waals surface area (Å²) >= 11 is 1.26. The monoisotopic (exact) mass is 366 g/mol. The van der Waals surface area contributed by atoms with Gasteiger partial charge in [0.15, 0.2) is 0 Å². The molecule has 0 bridgehead atoms. The van der Waals surface area contributed by atoms with Crippen molar-refractivity contribution in [2.45, 2.75) is 50.1 Å². The number of hydrogen-bond donors (Lipinski definition) is 1. The molecule has 134 valence electrons. The molecule has 5 rings (SSSR count). The Kier molecular flexibility index (Phi) is 3.86. The maximum Gasteiger partial charge on any atom is 0.134 e. The molecule has 3 aromatic rings.